The quantitative estimate of drug-likeness (QED) is 0.679. The Labute approximate surface area is 109 Å². The molecular weight excluding hydrogens is 234 g/mol. The van der Waals surface area contributed by atoms with Gasteiger partial charge in [-0.05, 0) is 26.7 Å². The van der Waals surface area contributed by atoms with E-state index in [0.717, 1.165) is 0 Å². The van der Waals surface area contributed by atoms with Crippen molar-refractivity contribution in [2.24, 2.45) is 11.7 Å². The second kappa shape index (κ2) is 5.84. The van der Waals surface area contributed by atoms with Crippen molar-refractivity contribution in [2.45, 2.75) is 70.7 Å². The molecule has 5 heteroatoms. The van der Waals surface area contributed by atoms with Gasteiger partial charge < -0.3 is 25.4 Å². The van der Waals surface area contributed by atoms with Gasteiger partial charge in [0.05, 0.1) is 24.4 Å². The van der Waals surface area contributed by atoms with E-state index in [1.165, 1.54) is 0 Å². The third-order valence-electron chi connectivity index (χ3n) is 3.14. The fraction of sp³-hybridized carbons (Fsp3) is 1.00. The molecule has 0 spiro atoms. The largest absolute Gasteiger partial charge is 0.394 e. The molecule has 0 aliphatic carbocycles. The third kappa shape index (κ3) is 3.65. The fourth-order valence-electron chi connectivity index (χ4n) is 2.31. The van der Waals surface area contributed by atoms with Gasteiger partial charge in [0.25, 0.3) is 0 Å². The third-order valence-corrected chi connectivity index (χ3v) is 3.14. The van der Waals surface area contributed by atoms with Crippen LogP contribution < -0.4 is 5.73 Å². The van der Waals surface area contributed by atoms with E-state index in [2.05, 4.69) is 0 Å². The maximum Gasteiger partial charge on any atom is 0.114 e. The molecule has 0 bridgehead atoms. The van der Waals surface area contributed by atoms with Gasteiger partial charge in [0, 0.05) is 0 Å². The van der Waals surface area contributed by atoms with Gasteiger partial charge in [-0.1, -0.05) is 13.8 Å². The lowest BCUT2D eigenvalue weighted by atomic mass is 9.87. The Balaban J connectivity index is 2.85. The molecule has 1 rings (SSSR count). The van der Waals surface area contributed by atoms with E-state index < -0.39 is 30.0 Å². The molecule has 0 saturated carbocycles. The lowest BCUT2D eigenvalue weighted by Crippen LogP contribution is -2.64. The van der Waals surface area contributed by atoms with E-state index in [9.17, 15) is 10.2 Å². The molecule has 1 aliphatic rings. The average Bonchev–Trinajstić information content (AvgIpc) is 2.23. The van der Waals surface area contributed by atoms with Crippen molar-refractivity contribution in [3.8, 4) is 0 Å². The van der Waals surface area contributed by atoms with Crippen molar-refractivity contribution in [1.29, 1.82) is 0 Å². The van der Waals surface area contributed by atoms with Crippen LogP contribution in [0, 0.1) is 5.92 Å². The molecule has 1 aliphatic heterocycles. The van der Waals surface area contributed by atoms with Crippen molar-refractivity contribution in [3.05, 3.63) is 0 Å². The van der Waals surface area contributed by atoms with Crippen LogP contribution in [0.2, 0.25) is 0 Å². The van der Waals surface area contributed by atoms with Crippen LogP contribution in [0.4, 0.5) is 0 Å². The molecular formula is C13H27NO4. The first-order chi connectivity index (χ1) is 8.17. The van der Waals surface area contributed by atoms with Gasteiger partial charge in [0.1, 0.15) is 18.3 Å². The van der Waals surface area contributed by atoms with Crippen LogP contribution in [-0.4, -0.2) is 52.9 Å². The zero-order valence-corrected chi connectivity index (χ0v) is 12.0. The van der Waals surface area contributed by atoms with Crippen molar-refractivity contribution < 1.29 is 19.7 Å². The smallest absolute Gasteiger partial charge is 0.114 e. The molecule has 5 unspecified atom stereocenters. The summed E-state index contributed by atoms with van der Waals surface area (Å²) >= 11 is 0. The Hall–Kier alpha value is -0.200. The zero-order chi connectivity index (χ0) is 14.1. The Bertz CT molecular complexity index is 262. The summed E-state index contributed by atoms with van der Waals surface area (Å²) in [6.45, 7) is 9.47. The molecule has 5 atom stereocenters. The van der Waals surface area contributed by atoms with Gasteiger partial charge in [0.15, 0.2) is 0 Å². The van der Waals surface area contributed by atoms with Crippen molar-refractivity contribution >= 4 is 0 Å². The number of nitrogens with two attached hydrogens (primary N) is 1. The number of rotatable bonds is 3. The minimum atomic E-state index is -0.831. The predicted octanol–water partition coefficient (Wildman–Crippen LogP) is 0.274. The summed E-state index contributed by atoms with van der Waals surface area (Å²) < 4.78 is 11.6. The molecule has 1 saturated heterocycles. The second-order valence-electron chi connectivity index (χ2n) is 6.33. The SMILES string of the molecule is CC(C)C1OC(CO)C(OC(C)(C)C)C(O)C1N. The molecule has 4 N–H and O–H groups in total. The summed E-state index contributed by atoms with van der Waals surface area (Å²) in [5.74, 6) is 0.180. The Morgan fingerprint density at radius 1 is 1.33 bits per heavy atom. The van der Waals surface area contributed by atoms with E-state index in [1.54, 1.807) is 0 Å². The van der Waals surface area contributed by atoms with E-state index in [4.69, 9.17) is 15.2 Å². The van der Waals surface area contributed by atoms with Crippen LogP contribution in [0.3, 0.4) is 0 Å². The maximum atomic E-state index is 10.3. The molecule has 1 heterocycles. The monoisotopic (exact) mass is 261 g/mol. The van der Waals surface area contributed by atoms with Crippen molar-refractivity contribution in [2.75, 3.05) is 6.61 Å². The van der Waals surface area contributed by atoms with Gasteiger partial charge in [-0.15, -0.1) is 0 Å². The topological polar surface area (TPSA) is 84.9 Å². The number of hydrogen-bond acceptors (Lipinski definition) is 5. The fourth-order valence-corrected chi connectivity index (χ4v) is 2.31. The van der Waals surface area contributed by atoms with Crippen LogP contribution >= 0.6 is 0 Å². The highest BCUT2D eigenvalue weighted by molar-refractivity contribution is 4.97. The minimum absolute atomic E-state index is 0.180. The summed E-state index contributed by atoms with van der Waals surface area (Å²) in [7, 11) is 0. The van der Waals surface area contributed by atoms with Gasteiger partial charge in [-0.25, -0.2) is 0 Å². The summed E-state index contributed by atoms with van der Waals surface area (Å²) in [6, 6.07) is -0.500. The molecule has 0 amide bonds. The molecule has 0 aromatic heterocycles. The standard InChI is InChI=1S/C13H27NO4/c1-7(2)11-9(14)10(16)12(8(6-15)17-11)18-13(3,4)5/h7-12,15-16H,6,14H2,1-5H3. The lowest BCUT2D eigenvalue weighted by Gasteiger charge is -2.46. The zero-order valence-electron chi connectivity index (χ0n) is 12.0. The Morgan fingerprint density at radius 3 is 2.28 bits per heavy atom. The number of ether oxygens (including phenoxy) is 2. The van der Waals surface area contributed by atoms with E-state index in [0.29, 0.717) is 0 Å². The normalized spacial score (nSPS) is 38.2. The molecule has 0 radical (unpaired) electrons. The first-order valence-electron chi connectivity index (χ1n) is 6.55. The van der Waals surface area contributed by atoms with Crippen molar-refractivity contribution in [1.82, 2.24) is 0 Å². The second-order valence-corrected chi connectivity index (χ2v) is 6.33. The van der Waals surface area contributed by atoms with Gasteiger partial charge in [-0.3, -0.25) is 0 Å². The van der Waals surface area contributed by atoms with Crippen LogP contribution in [0.15, 0.2) is 0 Å². The minimum Gasteiger partial charge on any atom is -0.394 e. The highest BCUT2D eigenvalue weighted by atomic mass is 16.6. The maximum absolute atomic E-state index is 10.3. The van der Waals surface area contributed by atoms with E-state index >= 15 is 0 Å². The molecule has 18 heavy (non-hydrogen) atoms. The molecule has 108 valence electrons. The van der Waals surface area contributed by atoms with Crippen LogP contribution in [0.25, 0.3) is 0 Å². The van der Waals surface area contributed by atoms with E-state index in [1.807, 2.05) is 34.6 Å². The number of hydrogen-bond donors (Lipinski definition) is 3. The Kier molecular flexibility index (Phi) is 5.14. The van der Waals surface area contributed by atoms with Gasteiger partial charge in [-0.2, -0.15) is 0 Å². The molecule has 5 nitrogen and oxygen atoms in total. The summed E-state index contributed by atoms with van der Waals surface area (Å²) in [5, 5.41) is 19.7. The van der Waals surface area contributed by atoms with Gasteiger partial charge in [0.2, 0.25) is 0 Å². The highest BCUT2D eigenvalue weighted by Gasteiger charge is 2.46. The molecule has 0 aromatic rings. The molecule has 1 fully saturated rings. The number of aliphatic hydroxyl groups excluding tert-OH is 2. The average molecular weight is 261 g/mol. The summed E-state index contributed by atoms with van der Waals surface area (Å²) in [5.41, 5.74) is 5.59. The predicted molar refractivity (Wildman–Crippen MR) is 69.2 cm³/mol. The highest BCUT2D eigenvalue weighted by Crippen LogP contribution is 2.28. The summed E-state index contributed by atoms with van der Waals surface area (Å²) in [4.78, 5) is 0. The first-order valence-corrected chi connectivity index (χ1v) is 6.55. The number of aliphatic hydroxyl groups is 2. The van der Waals surface area contributed by atoms with Crippen LogP contribution in [0.5, 0.6) is 0 Å². The molecule has 0 aromatic carbocycles. The van der Waals surface area contributed by atoms with Crippen LogP contribution in [-0.2, 0) is 9.47 Å². The van der Waals surface area contributed by atoms with E-state index in [-0.39, 0.29) is 18.6 Å². The van der Waals surface area contributed by atoms with Crippen LogP contribution in [0.1, 0.15) is 34.6 Å². The Morgan fingerprint density at radius 2 is 1.89 bits per heavy atom. The first kappa shape index (κ1) is 15.9. The van der Waals surface area contributed by atoms with Gasteiger partial charge >= 0.3 is 0 Å². The van der Waals surface area contributed by atoms with Crippen molar-refractivity contribution in [3.63, 3.8) is 0 Å². The summed E-state index contributed by atoms with van der Waals surface area (Å²) in [6.07, 6.45) is -2.23. The lowest BCUT2D eigenvalue weighted by molar-refractivity contribution is -0.237.